The Hall–Kier alpha value is -2.37. The van der Waals surface area contributed by atoms with Crippen LogP contribution in [0.3, 0.4) is 0 Å². The number of rotatable bonds is 3. The van der Waals surface area contributed by atoms with Gasteiger partial charge in [-0.3, -0.25) is 4.79 Å². The minimum atomic E-state index is -0.773. The summed E-state index contributed by atoms with van der Waals surface area (Å²) in [4.78, 5) is 17.4. The summed E-state index contributed by atoms with van der Waals surface area (Å²) < 4.78 is 5.01. The Morgan fingerprint density at radius 3 is 3.05 bits per heavy atom. The highest BCUT2D eigenvalue weighted by Gasteiger charge is 2.30. The number of anilines is 1. The molecule has 0 aliphatic carbocycles. The molecular weight excluding hydrogens is 246 g/mol. The van der Waals surface area contributed by atoms with Gasteiger partial charge in [0.05, 0.1) is 12.5 Å². The predicted molar refractivity (Wildman–Crippen MR) is 66.8 cm³/mol. The second-order valence-electron chi connectivity index (χ2n) is 4.49. The quantitative estimate of drug-likeness (QED) is 0.902. The largest absolute Gasteiger partial charge is 0.481 e. The molecule has 0 amide bonds. The van der Waals surface area contributed by atoms with Crippen LogP contribution in [0.1, 0.15) is 23.8 Å². The van der Waals surface area contributed by atoms with Crippen LogP contribution in [0, 0.1) is 0 Å². The summed E-state index contributed by atoms with van der Waals surface area (Å²) in [5, 5.41) is 12.8. The average molecular weight is 259 g/mol. The summed E-state index contributed by atoms with van der Waals surface area (Å²) >= 11 is 0. The van der Waals surface area contributed by atoms with Crippen molar-refractivity contribution in [3.63, 3.8) is 0 Å². The van der Waals surface area contributed by atoms with Gasteiger partial charge in [-0.05, 0) is 18.1 Å². The van der Waals surface area contributed by atoms with Gasteiger partial charge in [0.25, 0.3) is 0 Å². The van der Waals surface area contributed by atoms with Crippen molar-refractivity contribution in [1.29, 1.82) is 0 Å². The van der Waals surface area contributed by atoms with Crippen molar-refractivity contribution in [3.05, 3.63) is 42.0 Å². The Morgan fingerprint density at radius 2 is 2.32 bits per heavy atom. The summed E-state index contributed by atoms with van der Waals surface area (Å²) in [5.41, 5.74) is 1.78. The minimum Gasteiger partial charge on any atom is -0.481 e. The minimum absolute atomic E-state index is 0.435. The number of hydrogen-bond donors (Lipinski definition) is 1. The molecule has 2 aromatic rings. The normalized spacial score (nSPS) is 18.1. The molecule has 2 heterocycles. The molecule has 6 heteroatoms. The highest BCUT2D eigenvalue weighted by Crippen LogP contribution is 2.35. The zero-order valence-electron chi connectivity index (χ0n) is 10.2. The first-order valence-corrected chi connectivity index (χ1v) is 6.08. The van der Waals surface area contributed by atoms with E-state index in [0.717, 1.165) is 11.3 Å². The molecule has 3 rings (SSSR count). The van der Waals surface area contributed by atoms with Crippen molar-refractivity contribution in [2.24, 2.45) is 0 Å². The van der Waals surface area contributed by atoms with Crippen molar-refractivity contribution in [1.82, 2.24) is 10.1 Å². The molecular formula is C13H13N3O3. The molecule has 1 unspecified atom stereocenters. The topological polar surface area (TPSA) is 79.5 Å². The second-order valence-corrected chi connectivity index (χ2v) is 4.49. The van der Waals surface area contributed by atoms with E-state index in [1.54, 1.807) is 0 Å². The number of fused-ring (bicyclic) bond motifs is 1. The molecule has 0 spiro atoms. The number of carboxylic acid groups (broad SMARTS) is 1. The zero-order chi connectivity index (χ0) is 13.2. The number of hydrogen-bond acceptors (Lipinski definition) is 5. The van der Waals surface area contributed by atoms with Crippen LogP contribution in [0.2, 0.25) is 0 Å². The Balaban J connectivity index is 1.92. The monoisotopic (exact) mass is 259 g/mol. The fourth-order valence-electron chi connectivity index (χ4n) is 2.48. The van der Waals surface area contributed by atoms with Gasteiger partial charge in [0.1, 0.15) is 0 Å². The van der Waals surface area contributed by atoms with Crippen LogP contribution in [0.15, 0.2) is 35.1 Å². The van der Waals surface area contributed by atoms with Crippen LogP contribution in [0.4, 0.5) is 5.69 Å². The maximum absolute atomic E-state index is 11.3. The first kappa shape index (κ1) is 11.7. The lowest BCUT2D eigenvalue weighted by Gasteiger charge is -2.33. The highest BCUT2D eigenvalue weighted by molar-refractivity contribution is 5.80. The van der Waals surface area contributed by atoms with E-state index in [4.69, 9.17) is 4.52 Å². The standard InChI is InChI=1S/C13H13N3O3/c17-13(18)10-5-6-16(7-12-14-8-15-19-12)11-4-2-1-3-9(10)11/h1-4,8,10H,5-7H2,(H,17,18). The molecule has 1 aromatic carbocycles. The van der Waals surface area contributed by atoms with Gasteiger partial charge >= 0.3 is 5.97 Å². The third-order valence-electron chi connectivity index (χ3n) is 3.37. The number of nitrogens with zero attached hydrogens (tertiary/aromatic N) is 3. The van der Waals surface area contributed by atoms with E-state index in [2.05, 4.69) is 15.0 Å². The zero-order valence-corrected chi connectivity index (χ0v) is 10.2. The van der Waals surface area contributed by atoms with Gasteiger partial charge in [0, 0.05) is 12.2 Å². The van der Waals surface area contributed by atoms with Crippen molar-refractivity contribution >= 4 is 11.7 Å². The van der Waals surface area contributed by atoms with Gasteiger partial charge in [-0.2, -0.15) is 4.98 Å². The third kappa shape index (κ3) is 2.16. The number of aliphatic carboxylic acids is 1. The van der Waals surface area contributed by atoms with Crippen LogP contribution >= 0.6 is 0 Å². The molecule has 0 saturated heterocycles. The van der Waals surface area contributed by atoms with Crippen LogP contribution < -0.4 is 4.90 Å². The van der Waals surface area contributed by atoms with Gasteiger partial charge in [-0.1, -0.05) is 23.4 Å². The first-order chi connectivity index (χ1) is 9.25. The highest BCUT2D eigenvalue weighted by atomic mass is 16.5. The van der Waals surface area contributed by atoms with Gasteiger partial charge in [0.15, 0.2) is 6.33 Å². The van der Waals surface area contributed by atoms with E-state index in [9.17, 15) is 9.90 Å². The molecule has 1 atom stereocenters. The SMILES string of the molecule is O=C(O)C1CCN(Cc2ncno2)c2ccccc21. The number of benzene rings is 1. The second kappa shape index (κ2) is 4.72. The fraction of sp³-hybridized carbons (Fsp3) is 0.308. The molecule has 19 heavy (non-hydrogen) atoms. The number of aromatic nitrogens is 2. The summed E-state index contributed by atoms with van der Waals surface area (Å²) in [6.07, 6.45) is 1.95. The number of para-hydroxylation sites is 1. The maximum atomic E-state index is 11.3. The maximum Gasteiger partial charge on any atom is 0.311 e. The summed E-state index contributed by atoms with van der Waals surface area (Å²) in [6.45, 7) is 1.17. The lowest BCUT2D eigenvalue weighted by molar-refractivity contribution is -0.139. The Kier molecular flexibility index (Phi) is 2.91. The van der Waals surface area contributed by atoms with E-state index in [1.807, 2.05) is 24.3 Å². The van der Waals surface area contributed by atoms with Crippen molar-refractivity contribution in [3.8, 4) is 0 Å². The third-order valence-corrected chi connectivity index (χ3v) is 3.37. The van der Waals surface area contributed by atoms with Crippen molar-refractivity contribution in [2.75, 3.05) is 11.4 Å². The number of carboxylic acids is 1. The predicted octanol–water partition coefficient (Wildman–Crippen LogP) is 1.65. The lowest BCUT2D eigenvalue weighted by atomic mass is 9.90. The van der Waals surface area contributed by atoms with Crippen LogP contribution in [-0.2, 0) is 11.3 Å². The van der Waals surface area contributed by atoms with E-state index in [0.29, 0.717) is 25.4 Å². The lowest BCUT2D eigenvalue weighted by Crippen LogP contribution is -2.33. The summed E-state index contributed by atoms with van der Waals surface area (Å²) in [6, 6.07) is 7.57. The first-order valence-electron chi connectivity index (χ1n) is 6.08. The smallest absolute Gasteiger partial charge is 0.311 e. The van der Waals surface area contributed by atoms with Gasteiger partial charge < -0.3 is 14.5 Å². The Morgan fingerprint density at radius 1 is 1.47 bits per heavy atom. The van der Waals surface area contributed by atoms with Crippen LogP contribution in [0.5, 0.6) is 0 Å². The molecule has 98 valence electrons. The van der Waals surface area contributed by atoms with E-state index >= 15 is 0 Å². The molecule has 0 bridgehead atoms. The summed E-state index contributed by atoms with van der Waals surface area (Å²) in [5.74, 6) is -0.677. The van der Waals surface area contributed by atoms with Crippen molar-refractivity contribution < 1.29 is 14.4 Å². The van der Waals surface area contributed by atoms with E-state index < -0.39 is 11.9 Å². The number of carbonyl (C=O) groups is 1. The molecule has 0 fully saturated rings. The van der Waals surface area contributed by atoms with Crippen molar-refractivity contribution in [2.45, 2.75) is 18.9 Å². The van der Waals surface area contributed by atoms with Gasteiger partial charge in [-0.25, -0.2) is 0 Å². The molecule has 0 saturated carbocycles. The van der Waals surface area contributed by atoms with E-state index in [1.165, 1.54) is 6.33 Å². The molecule has 1 N–H and O–H groups in total. The van der Waals surface area contributed by atoms with Gasteiger partial charge in [-0.15, -0.1) is 0 Å². The Bertz CT molecular complexity index is 583. The van der Waals surface area contributed by atoms with E-state index in [-0.39, 0.29) is 0 Å². The molecule has 0 radical (unpaired) electrons. The Labute approximate surface area is 109 Å². The molecule has 1 aliphatic heterocycles. The van der Waals surface area contributed by atoms with Gasteiger partial charge in [0.2, 0.25) is 5.89 Å². The molecule has 1 aromatic heterocycles. The van der Waals surface area contributed by atoms with Crippen LogP contribution in [-0.4, -0.2) is 27.8 Å². The van der Waals surface area contributed by atoms with Crippen LogP contribution in [0.25, 0.3) is 0 Å². The average Bonchev–Trinajstić information content (AvgIpc) is 2.91. The fourth-order valence-corrected chi connectivity index (χ4v) is 2.48. The summed E-state index contributed by atoms with van der Waals surface area (Å²) in [7, 11) is 0. The molecule has 1 aliphatic rings. The molecule has 6 nitrogen and oxygen atoms in total.